The Labute approximate surface area is 115 Å². The monoisotopic (exact) mass is 308 g/mol. The van der Waals surface area contributed by atoms with E-state index in [4.69, 9.17) is 10.8 Å². The van der Waals surface area contributed by atoms with Gasteiger partial charge in [-0.1, -0.05) is 12.8 Å². The molecule has 1 saturated carbocycles. The normalized spacial score (nSPS) is 16.8. The van der Waals surface area contributed by atoms with E-state index in [0.29, 0.717) is 12.5 Å². The lowest BCUT2D eigenvalue weighted by atomic mass is 10.0. The minimum absolute atomic E-state index is 0.609. The van der Waals surface area contributed by atoms with Crippen molar-refractivity contribution in [3.63, 3.8) is 0 Å². The summed E-state index contributed by atoms with van der Waals surface area (Å²) >= 11 is 3.58. The lowest BCUT2D eigenvalue weighted by Crippen LogP contribution is -2.04. The number of aromatic nitrogens is 3. The third-order valence-electron chi connectivity index (χ3n) is 3.66. The van der Waals surface area contributed by atoms with Crippen molar-refractivity contribution in [3.05, 3.63) is 28.1 Å². The van der Waals surface area contributed by atoms with E-state index in [1.54, 1.807) is 0 Å². The standard InChI is InChI=1S/C13H17BrN4/c14-13-11(7-8-15)16-12-6-5-10(17-18(12)13)9-3-1-2-4-9/h5-6,9H,1-4,7-8,15H2. The molecule has 18 heavy (non-hydrogen) atoms. The summed E-state index contributed by atoms with van der Waals surface area (Å²) in [6, 6.07) is 4.18. The van der Waals surface area contributed by atoms with Gasteiger partial charge in [-0.25, -0.2) is 9.50 Å². The summed E-state index contributed by atoms with van der Waals surface area (Å²) in [5.74, 6) is 0.627. The second-order valence-electron chi connectivity index (χ2n) is 4.90. The van der Waals surface area contributed by atoms with Crippen LogP contribution in [0, 0.1) is 0 Å². The summed E-state index contributed by atoms with van der Waals surface area (Å²) in [7, 11) is 0. The van der Waals surface area contributed by atoms with Gasteiger partial charge in [-0.2, -0.15) is 5.10 Å². The SMILES string of the molecule is NCCc1nc2ccc(C3CCCC3)nn2c1Br. The summed E-state index contributed by atoms with van der Waals surface area (Å²) in [4.78, 5) is 4.54. The first-order valence-corrected chi connectivity index (χ1v) is 7.33. The molecule has 0 radical (unpaired) electrons. The van der Waals surface area contributed by atoms with E-state index in [1.807, 2.05) is 4.52 Å². The Balaban J connectivity index is 2.02. The van der Waals surface area contributed by atoms with Gasteiger partial charge in [0.15, 0.2) is 5.65 Å². The first kappa shape index (κ1) is 12.1. The second kappa shape index (κ2) is 4.97. The van der Waals surface area contributed by atoms with Crippen LogP contribution in [0.3, 0.4) is 0 Å². The zero-order chi connectivity index (χ0) is 12.5. The van der Waals surface area contributed by atoms with Crippen LogP contribution >= 0.6 is 15.9 Å². The molecule has 2 N–H and O–H groups in total. The molecule has 2 aromatic rings. The Morgan fingerprint density at radius 3 is 2.83 bits per heavy atom. The smallest absolute Gasteiger partial charge is 0.155 e. The van der Waals surface area contributed by atoms with Gasteiger partial charge in [-0.05, 0) is 47.4 Å². The summed E-state index contributed by atoms with van der Waals surface area (Å²) in [6.07, 6.45) is 5.96. The molecule has 0 aliphatic heterocycles. The molecule has 0 spiro atoms. The fourth-order valence-electron chi connectivity index (χ4n) is 2.70. The molecule has 2 heterocycles. The lowest BCUT2D eigenvalue weighted by Gasteiger charge is -2.08. The van der Waals surface area contributed by atoms with Crippen molar-refractivity contribution in [1.29, 1.82) is 0 Å². The van der Waals surface area contributed by atoms with E-state index in [0.717, 1.165) is 22.4 Å². The van der Waals surface area contributed by atoms with E-state index in [9.17, 15) is 0 Å². The molecule has 1 aliphatic carbocycles. The van der Waals surface area contributed by atoms with E-state index in [-0.39, 0.29) is 0 Å². The van der Waals surface area contributed by atoms with E-state index >= 15 is 0 Å². The van der Waals surface area contributed by atoms with Gasteiger partial charge in [0.05, 0.1) is 11.4 Å². The molecular weight excluding hydrogens is 292 g/mol. The van der Waals surface area contributed by atoms with E-state index < -0.39 is 0 Å². The van der Waals surface area contributed by atoms with Crippen molar-refractivity contribution in [2.75, 3.05) is 6.54 Å². The molecule has 5 heteroatoms. The molecule has 0 atom stereocenters. The highest BCUT2D eigenvalue weighted by Crippen LogP contribution is 2.33. The number of hydrogen-bond acceptors (Lipinski definition) is 3. The molecule has 0 amide bonds. The zero-order valence-electron chi connectivity index (χ0n) is 10.3. The number of hydrogen-bond donors (Lipinski definition) is 1. The van der Waals surface area contributed by atoms with Gasteiger partial charge in [-0.3, -0.25) is 0 Å². The van der Waals surface area contributed by atoms with Crippen molar-refractivity contribution in [3.8, 4) is 0 Å². The summed E-state index contributed by atoms with van der Waals surface area (Å²) < 4.78 is 2.85. The number of nitrogens with zero attached hydrogens (tertiary/aromatic N) is 3. The van der Waals surface area contributed by atoms with Gasteiger partial charge < -0.3 is 5.73 Å². The number of fused-ring (bicyclic) bond motifs is 1. The molecule has 2 aromatic heterocycles. The number of nitrogens with two attached hydrogens (primary N) is 1. The zero-order valence-corrected chi connectivity index (χ0v) is 11.9. The molecule has 0 aromatic carbocycles. The maximum absolute atomic E-state index is 5.59. The van der Waals surface area contributed by atoms with Gasteiger partial charge in [-0.15, -0.1) is 0 Å². The van der Waals surface area contributed by atoms with Gasteiger partial charge in [0.2, 0.25) is 0 Å². The van der Waals surface area contributed by atoms with Crippen LogP contribution in [0.15, 0.2) is 16.7 Å². The molecular formula is C13H17BrN4. The topological polar surface area (TPSA) is 56.2 Å². The van der Waals surface area contributed by atoms with E-state index in [1.165, 1.54) is 31.4 Å². The minimum atomic E-state index is 0.609. The molecule has 1 aliphatic rings. The van der Waals surface area contributed by atoms with Crippen molar-refractivity contribution < 1.29 is 0 Å². The molecule has 0 saturated heterocycles. The summed E-state index contributed by atoms with van der Waals surface area (Å²) in [5, 5.41) is 4.73. The van der Waals surface area contributed by atoms with Gasteiger partial charge in [0.1, 0.15) is 4.60 Å². The first-order chi connectivity index (χ1) is 8.79. The lowest BCUT2D eigenvalue weighted by molar-refractivity contribution is 0.669. The van der Waals surface area contributed by atoms with Gasteiger partial charge >= 0.3 is 0 Å². The highest BCUT2D eigenvalue weighted by molar-refractivity contribution is 9.10. The third-order valence-corrected chi connectivity index (χ3v) is 4.46. The van der Waals surface area contributed by atoms with Gasteiger partial charge in [0.25, 0.3) is 0 Å². The van der Waals surface area contributed by atoms with Crippen molar-refractivity contribution in [1.82, 2.24) is 14.6 Å². The number of halogens is 1. The Bertz CT molecular complexity index is 557. The summed E-state index contributed by atoms with van der Waals surface area (Å²) in [6.45, 7) is 0.609. The molecule has 0 unspecified atom stereocenters. The average Bonchev–Trinajstić information content (AvgIpc) is 3.00. The van der Waals surface area contributed by atoms with Crippen LogP contribution in [0.4, 0.5) is 0 Å². The number of imidazole rings is 1. The Kier molecular flexibility index (Phi) is 3.35. The largest absolute Gasteiger partial charge is 0.330 e. The molecule has 96 valence electrons. The Morgan fingerprint density at radius 1 is 1.33 bits per heavy atom. The van der Waals surface area contributed by atoms with Crippen LogP contribution in [0.25, 0.3) is 5.65 Å². The molecule has 4 nitrogen and oxygen atoms in total. The highest BCUT2D eigenvalue weighted by Gasteiger charge is 2.20. The van der Waals surface area contributed by atoms with Crippen LogP contribution in [-0.4, -0.2) is 21.1 Å². The molecule has 3 rings (SSSR count). The van der Waals surface area contributed by atoms with Crippen LogP contribution in [0.5, 0.6) is 0 Å². The number of rotatable bonds is 3. The Hall–Kier alpha value is -0.940. The van der Waals surface area contributed by atoms with Crippen molar-refractivity contribution >= 4 is 21.6 Å². The molecule has 1 fully saturated rings. The highest BCUT2D eigenvalue weighted by atomic mass is 79.9. The van der Waals surface area contributed by atoms with Gasteiger partial charge in [0, 0.05) is 12.3 Å². The minimum Gasteiger partial charge on any atom is -0.330 e. The maximum Gasteiger partial charge on any atom is 0.155 e. The fourth-order valence-corrected chi connectivity index (χ4v) is 3.25. The predicted octanol–water partition coefficient (Wildman–Crippen LogP) is 2.65. The Morgan fingerprint density at radius 2 is 2.11 bits per heavy atom. The molecule has 0 bridgehead atoms. The first-order valence-electron chi connectivity index (χ1n) is 6.53. The maximum atomic E-state index is 5.59. The average molecular weight is 309 g/mol. The van der Waals surface area contributed by atoms with Crippen LogP contribution in [0.2, 0.25) is 0 Å². The van der Waals surface area contributed by atoms with Crippen LogP contribution in [-0.2, 0) is 6.42 Å². The quantitative estimate of drug-likeness (QED) is 0.948. The van der Waals surface area contributed by atoms with E-state index in [2.05, 4.69) is 33.0 Å². The summed E-state index contributed by atoms with van der Waals surface area (Å²) in [5.41, 5.74) is 8.67. The van der Waals surface area contributed by atoms with Crippen LogP contribution in [0.1, 0.15) is 43.0 Å². The second-order valence-corrected chi connectivity index (χ2v) is 5.65. The fraction of sp³-hybridized carbons (Fsp3) is 0.538. The van der Waals surface area contributed by atoms with Crippen molar-refractivity contribution in [2.45, 2.75) is 38.0 Å². The third kappa shape index (κ3) is 2.06. The predicted molar refractivity (Wildman–Crippen MR) is 74.7 cm³/mol. The van der Waals surface area contributed by atoms with Crippen molar-refractivity contribution in [2.24, 2.45) is 5.73 Å². The van der Waals surface area contributed by atoms with Crippen LogP contribution < -0.4 is 5.73 Å².